The van der Waals surface area contributed by atoms with Gasteiger partial charge in [-0.15, -0.1) is 0 Å². The van der Waals surface area contributed by atoms with E-state index in [1.165, 1.54) is 0 Å². The number of pyridine rings is 1. The van der Waals surface area contributed by atoms with Gasteiger partial charge in [-0.2, -0.15) is 0 Å². The number of hydrogen-bond donors (Lipinski definition) is 0. The van der Waals surface area contributed by atoms with Crippen LogP contribution in [0.15, 0.2) is 36.4 Å². The molecule has 88 valence electrons. The van der Waals surface area contributed by atoms with E-state index in [4.69, 9.17) is 23.2 Å². The maximum atomic E-state index is 6.17. The van der Waals surface area contributed by atoms with Crippen LogP contribution in [0, 0.1) is 0 Å². The molecule has 1 aromatic carbocycles. The predicted octanol–water partition coefficient (Wildman–Crippen LogP) is 5.18. The zero-order valence-corrected chi connectivity index (χ0v) is 11.3. The lowest BCUT2D eigenvalue weighted by molar-refractivity contribution is 0.824. The molecule has 3 heteroatoms. The van der Waals surface area contributed by atoms with Gasteiger partial charge in [0.25, 0.3) is 0 Å². The first-order valence-electron chi connectivity index (χ1n) is 5.50. The average molecular weight is 266 g/mol. The molecule has 0 N–H and O–H groups in total. The molecule has 0 atom stereocenters. The molecule has 0 fully saturated rings. The Morgan fingerprint density at radius 1 is 1.06 bits per heavy atom. The largest absolute Gasteiger partial charge is 0.253 e. The molecule has 17 heavy (non-hydrogen) atoms. The van der Waals surface area contributed by atoms with Crippen molar-refractivity contribution in [2.45, 2.75) is 19.8 Å². The number of aromatic nitrogens is 1. The molecule has 0 aliphatic heterocycles. The second kappa shape index (κ2) is 5.07. The standard InChI is InChI=1S/C14H13Cl2N/c1-9(2)13-4-3-5-14(17-13)11-7-6-10(15)8-12(11)16/h3-9H,1-2H3. The van der Waals surface area contributed by atoms with Crippen LogP contribution in [0.5, 0.6) is 0 Å². The Morgan fingerprint density at radius 2 is 1.82 bits per heavy atom. The first kappa shape index (κ1) is 12.4. The van der Waals surface area contributed by atoms with E-state index in [-0.39, 0.29) is 0 Å². The van der Waals surface area contributed by atoms with Crippen LogP contribution in [0.4, 0.5) is 0 Å². The molecule has 0 unspecified atom stereocenters. The minimum atomic E-state index is 0.404. The Bertz CT molecular complexity index is 535. The van der Waals surface area contributed by atoms with Gasteiger partial charge in [-0.1, -0.05) is 43.1 Å². The van der Waals surface area contributed by atoms with E-state index in [1.807, 2.05) is 30.3 Å². The third-order valence-electron chi connectivity index (χ3n) is 2.57. The van der Waals surface area contributed by atoms with Gasteiger partial charge < -0.3 is 0 Å². The molecular formula is C14H13Cl2N. The lowest BCUT2D eigenvalue weighted by Gasteiger charge is -2.08. The second-order valence-corrected chi connectivity index (χ2v) is 5.07. The minimum absolute atomic E-state index is 0.404. The van der Waals surface area contributed by atoms with Crippen molar-refractivity contribution in [2.75, 3.05) is 0 Å². The fourth-order valence-electron chi connectivity index (χ4n) is 1.62. The Kier molecular flexibility index (Phi) is 3.70. The van der Waals surface area contributed by atoms with Gasteiger partial charge in [0.2, 0.25) is 0 Å². The lowest BCUT2D eigenvalue weighted by atomic mass is 10.1. The number of rotatable bonds is 2. The maximum Gasteiger partial charge on any atom is 0.0720 e. The van der Waals surface area contributed by atoms with E-state index in [2.05, 4.69) is 18.8 Å². The molecule has 1 aromatic heterocycles. The first-order valence-corrected chi connectivity index (χ1v) is 6.26. The van der Waals surface area contributed by atoms with Crippen molar-refractivity contribution < 1.29 is 0 Å². The van der Waals surface area contributed by atoms with Crippen LogP contribution >= 0.6 is 23.2 Å². The molecule has 0 amide bonds. The summed E-state index contributed by atoms with van der Waals surface area (Å²) in [5, 5.41) is 1.27. The molecule has 2 rings (SSSR count). The molecule has 0 spiro atoms. The highest BCUT2D eigenvalue weighted by molar-refractivity contribution is 6.36. The van der Waals surface area contributed by atoms with Crippen LogP contribution in [0.1, 0.15) is 25.5 Å². The number of hydrogen-bond acceptors (Lipinski definition) is 1. The summed E-state index contributed by atoms with van der Waals surface area (Å²) in [5.74, 6) is 0.404. The second-order valence-electron chi connectivity index (χ2n) is 4.23. The zero-order chi connectivity index (χ0) is 12.4. The third kappa shape index (κ3) is 2.80. The smallest absolute Gasteiger partial charge is 0.0720 e. The third-order valence-corrected chi connectivity index (χ3v) is 3.12. The highest BCUT2D eigenvalue weighted by atomic mass is 35.5. The fraction of sp³-hybridized carbons (Fsp3) is 0.214. The van der Waals surface area contributed by atoms with Crippen molar-refractivity contribution in [2.24, 2.45) is 0 Å². The summed E-state index contributed by atoms with van der Waals surface area (Å²) >= 11 is 12.1. The van der Waals surface area contributed by atoms with Gasteiger partial charge in [0.05, 0.1) is 10.7 Å². The minimum Gasteiger partial charge on any atom is -0.253 e. The van der Waals surface area contributed by atoms with Crippen LogP contribution < -0.4 is 0 Å². The van der Waals surface area contributed by atoms with Gasteiger partial charge in [-0.25, -0.2) is 0 Å². The molecule has 0 aliphatic rings. The van der Waals surface area contributed by atoms with E-state index in [9.17, 15) is 0 Å². The molecular weight excluding hydrogens is 253 g/mol. The van der Waals surface area contributed by atoms with Gasteiger partial charge in [0.15, 0.2) is 0 Å². The number of nitrogens with zero attached hydrogens (tertiary/aromatic N) is 1. The summed E-state index contributed by atoms with van der Waals surface area (Å²) in [6.45, 7) is 4.24. The van der Waals surface area contributed by atoms with Crippen molar-refractivity contribution in [3.8, 4) is 11.3 Å². The zero-order valence-electron chi connectivity index (χ0n) is 9.74. The normalized spacial score (nSPS) is 10.9. The van der Waals surface area contributed by atoms with Crippen LogP contribution in [0.25, 0.3) is 11.3 Å². The molecule has 2 aromatic rings. The van der Waals surface area contributed by atoms with Crippen LogP contribution in [-0.2, 0) is 0 Å². The van der Waals surface area contributed by atoms with E-state index in [0.717, 1.165) is 17.0 Å². The van der Waals surface area contributed by atoms with Gasteiger partial charge in [0.1, 0.15) is 0 Å². The summed E-state index contributed by atoms with van der Waals surface area (Å²) in [6, 6.07) is 11.5. The van der Waals surface area contributed by atoms with Gasteiger partial charge >= 0.3 is 0 Å². The topological polar surface area (TPSA) is 12.9 Å². The molecule has 0 radical (unpaired) electrons. The summed E-state index contributed by atoms with van der Waals surface area (Å²) in [4.78, 5) is 4.61. The van der Waals surface area contributed by atoms with Gasteiger partial charge in [-0.3, -0.25) is 4.98 Å². The Morgan fingerprint density at radius 3 is 2.47 bits per heavy atom. The first-order chi connectivity index (χ1) is 8.08. The predicted molar refractivity (Wildman–Crippen MR) is 73.8 cm³/mol. The monoisotopic (exact) mass is 265 g/mol. The fourth-order valence-corrected chi connectivity index (χ4v) is 2.13. The molecule has 0 saturated heterocycles. The molecule has 0 saturated carbocycles. The molecule has 0 aliphatic carbocycles. The number of halogens is 2. The van der Waals surface area contributed by atoms with E-state index in [0.29, 0.717) is 16.0 Å². The Balaban J connectivity index is 2.49. The molecule has 1 nitrogen and oxygen atoms in total. The van der Waals surface area contributed by atoms with Crippen molar-refractivity contribution in [1.29, 1.82) is 0 Å². The van der Waals surface area contributed by atoms with Crippen molar-refractivity contribution in [1.82, 2.24) is 4.98 Å². The van der Waals surface area contributed by atoms with Crippen LogP contribution in [0.3, 0.4) is 0 Å². The Hall–Kier alpha value is -1.05. The lowest BCUT2D eigenvalue weighted by Crippen LogP contribution is -1.94. The van der Waals surface area contributed by atoms with E-state index in [1.54, 1.807) is 6.07 Å². The Labute approximate surface area is 111 Å². The van der Waals surface area contributed by atoms with E-state index < -0.39 is 0 Å². The van der Waals surface area contributed by atoms with Gasteiger partial charge in [-0.05, 0) is 36.2 Å². The maximum absolute atomic E-state index is 6.17. The van der Waals surface area contributed by atoms with Crippen molar-refractivity contribution in [3.63, 3.8) is 0 Å². The molecule has 0 bridgehead atoms. The summed E-state index contributed by atoms with van der Waals surface area (Å²) in [6.07, 6.45) is 0. The number of benzene rings is 1. The van der Waals surface area contributed by atoms with E-state index >= 15 is 0 Å². The summed E-state index contributed by atoms with van der Waals surface area (Å²) < 4.78 is 0. The SMILES string of the molecule is CC(C)c1cccc(-c2ccc(Cl)cc2Cl)n1. The average Bonchev–Trinajstić information content (AvgIpc) is 2.29. The van der Waals surface area contributed by atoms with Crippen LogP contribution in [0.2, 0.25) is 10.0 Å². The molecule has 1 heterocycles. The van der Waals surface area contributed by atoms with Crippen molar-refractivity contribution in [3.05, 3.63) is 52.1 Å². The highest BCUT2D eigenvalue weighted by Crippen LogP contribution is 2.29. The summed E-state index contributed by atoms with van der Waals surface area (Å²) in [7, 11) is 0. The summed E-state index contributed by atoms with van der Waals surface area (Å²) in [5.41, 5.74) is 2.87. The van der Waals surface area contributed by atoms with Crippen LogP contribution in [-0.4, -0.2) is 4.98 Å². The quantitative estimate of drug-likeness (QED) is 0.729. The van der Waals surface area contributed by atoms with Gasteiger partial charge in [0, 0.05) is 16.3 Å². The van der Waals surface area contributed by atoms with Crippen molar-refractivity contribution >= 4 is 23.2 Å². The highest BCUT2D eigenvalue weighted by Gasteiger charge is 2.07.